The van der Waals surface area contributed by atoms with Gasteiger partial charge in [-0.15, -0.1) is 0 Å². The molecule has 0 spiro atoms. The summed E-state index contributed by atoms with van der Waals surface area (Å²) in [6.07, 6.45) is 23.0. The van der Waals surface area contributed by atoms with Crippen molar-refractivity contribution in [1.82, 2.24) is 0 Å². The molecule has 3 rings (SSSR count). The van der Waals surface area contributed by atoms with E-state index in [1.165, 1.54) is 103 Å². The summed E-state index contributed by atoms with van der Waals surface area (Å²) in [5, 5.41) is 0. The molecule has 1 aromatic carbocycles. The molecule has 32 heavy (non-hydrogen) atoms. The Balaban J connectivity index is 1.39. The zero-order chi connectivity index (χ0) is 22.8. The highest BCUT2D eigenvalue weighted by molar-refractivity contribution is 5.25. The SMILES string of the molecule is CCCCCCCc1ccc(C(C)C2CCC(C(C)C3CCC(CCC)CC3)CC2)cc1. The summed E-state index contributed by atoms with van der Waals surface area (Å²) in [6.45, 7) is 9.77. The van der Waals surface area contributed by atoms with Gasteiger partial charge in [0.05, 0.1) is 0 Å². The van der Waals surface area contributed by atoms with E-state index < -0.39 is 0 Å². The van der Waals surface area contributed by atoms with Gasteiger partial charge in [-0.1, -0.05) is 103 Å². The van der Waals surface area contributed by atoms with Crippen LogP contribution in [0.2, 0.25) is 0 Å². The zero-order valence-electron chi connectivity index (χ0n) is 22.1. The molecule has 1 aromatic rings. The molecule has 0 radical (unpaired) electrons. The number of aryl methyl sites for hydroxylation is 1. The fourth-order valence-corrected chi connectivity index (χ4v) is 7.16. The standard InChI is InChI=1S/C32H54/c1-5-7-8-9-10-12-28-15-19-30(20-16-28)26(4)32-23-21-31(22-24-32)25(3)29-17-13-27(11-6-2)14-18-29/h15-16,19-20,25-27,29,31-32H,5-14,17-18,21-24H2,1-4H3. The van der Waals surface area contributed by atoms with Crippen molar-refractivity contribution in [2.45, 2.75) is 136 Å². The van der Waals surface area contributed by atoms with E-state index >= 15 is 0 Å². The zero-order valence-corrected chi connectivity index (χ0v) is 22.1. The molecule has 2 fully saturated rings. The van der Waals surface area contributed by atoms with Crippen LogP contribution in [0.1, 0.15) is 141 Å². The Morgan fingerprint density at radius 2 is 1.22 bits per heavy atom. The van der Waals surface area contributed by atoms with E-state index in [4.69, 9.17) is 0 Å². The highest BCUT2D eigenvalue weighted by Gasteiger charge is 2.33. The summed E-state index contributed by atoms with van der Waals surface area (Å²) in [4.78, 5) is 0. The van der Waals surface area contributed by atoms with Gasteiger partial charge >= 0.3 is 0 Å². The lowest BCUT2D eigenvalue weighted by Crippen LogP contribution is -2.29. The maximum absolute atomic E-state index is 2.61. The number of hydrogen-bond acceptors (Lipinski definition) is 0. The largest absolute Gasteiger partial charge is 0.0654 e. The Kier molecular flexibility index (Phi) is 11.2. The van der Waals surface area contributed by atoms with Crippen molar-refractivity contribution in [3.05, 3.63) is 35.4 Å². The maximum Gasteiger partial charge on any atom is -0.0162 e. The minimum absolute atomic E-state index is 0.731. The van der Waals surface area contributed by atoms with Gasteiger partial charge in [-0.25, -0.2) is 0 Å². The van der Waals surface area contributed by atoms with Gasteiger partial charge in [0.15, 0.2) is 0 Å². The van der Waals surface area contributed by atoms with Gasteiger partial charge in [0.2, 0.25) is 0 Å². The van der Waals surface area contributed by atoms with Crippen LogP contribution < -0.4 is 0 Å². The van der Waals surface area contributed by atoms with Crippen LogP contribution in [0.3, 0.4) is 0 Å². The molecule has 0 N–H and O–H groups in total. The van der Waals surface area contributed by atoms with Gasteiger partial charge < -0.3 is 0 Å². The van der Waals surface area contributed by atoms with E-state index in [2.05, 4.69) is 52.0 Å². The normalized spacial score (nSPS) is 28.4. The molecule has 2 aliphatic rings. The maximum atomic E-state index is 2.61. The molecule has 2 saturated carbocycles. The Hall–Kier alpha value is -0.780. The molecule has 0 aromatic heterocycles. The summed E-state index contributed by atoms with van der Waals surface area (Å²) < 4.78 is 0. The molecule has 0 aliphatic heterocycles. The number of rotatable bonds is 12. The first-order valence-corrected chi connectivity index (χ1v) is 14.7. The van der Waals surface area contributed by atoms with Crippen LogP contribution in [-0.4, -0.2) is 0 Å². The molecule has 182 valence electrons. The molecule has 2 aliphatic carbocycles. The van der Waals surface area contributed by atoms with Gasteiger partial charge in [0.1, 0.15) is 0 Å². The van der Waals surface area contributed by atoms with Crippen molar-refractivity contribution in [2.75, 3.05) is 0 Å². The number of unbranched alkanes of at least 4 members (excludes halogenated alkanes) is 4. The second-order valence-electron chi connectivity index (χ2n) is 11.8. The summed E-state index contributed by atoms with van der Waals surface area (Å²) in [6, 6.07) is 9.76. The van der Waals surface area contributed by atoms with Crippen molar-refractivity contribution in [1.29, 1.82) is 0 Å². The van der Waals surface area contributed by atoms with Crippen molar-refractivity contribution < 1.29 is 0 Å². The van der Waals surface area contributed by atoms with Gasteiger partial charge in [-0.2, -0.15) is 0 Å². The average molecular weight is 439 g/mol. The molecule has 2 atom stereocenters. The van der Waals surface area contributed by atoms with Gasteiger partial charge in [0.25, 0.3) is 0 Å². The van der Waals surface area contributed by atoms with Crippen LogP contribution in [0.15, 0.2) is 24.3 Å². The number of benzene rings is 1. The summed E-state index contributed by atoms with van der Waals surface area (Å²) in [7, 11) is 0. The second-order valence-corrected chi connectivity index (χ2v) is 11.8. The third-order valence-electron chi connectivity index (χ3n) is 9.67. The van der Waals surface area contributed by atoms with Gasteiger partial charge in [0, 0.05) is 0 Å². The van der Waals surface area contributed by atoms with E-state index in [1.807, 2.05) is 0 Å². The van der Waals surface area contributed by atoms with Crippen LogP contribution >= 0.6 is 0 Å². The topological polar surface area (TPSA) is 0 Å². The third-order valence-corrected chi connectivity index (χ3v) is 9.67. The van der Waals surface area contributed by atoms with E-state index in [9.17, 15) is 0 Å². The third kappa shape index (κ3) is 7.63. The molecule has 0 heteroatoms. The fraction of sp³-hybridized carbons (Fsp3) is 0.812. The lowest BCUT2D eigenvalue weighted by atomic mass is 9.65. The Morgan fingerprint density at radius 1 is 0.656 bits per heavy atom. The fourth-order valence-electron chi connectivity index (χ4n) is 7.16. The Labute approximate surface area is 201 Å². The summed E-state index contributed by atoms with van der Waals surface area (Å²) in [5.41, 5.74) is 3.13. The molecule has 0 amide bonds. The molecule has 0 bridgehead atoms. The van der Waals surface area contributed by atoms with Gasteiger partial charge in [-0.05, 0) is 98.0 Å². The van der Waals surface area contributed by atoms with Crippen molar-refractivity contribution in [3.63, 3.8) is 0 Å². The van der Waals surface area contributed by atoms with Gasteiger partial charge in [-0.3, -0.25) is 0 Å². The first kappa shape index (κ1) is 25.8. The van der Waals surface area contributed by atoms with Crippen LogP contribution in [0.4, 0.5) is 0 Å². The highest BCUT2D eigenvalue weighted by Crippen LogP contribution is 2.45. The lowest BCUT2D eigenvalue weighted by molar-refractivity contribution is 0.118. The smallest absolute Gasteiger partial charge is 0.0162 e. The predicted octanol–water partition coefficient (Wildman–Crippen LogP) is 10.4. The van der Waals surface area contributed by atoms with E-state index in [-0.39, 0.29) is 0 Å². The minimum Gasteiger partial charge on any atom is -0.0654 e. The van der Waals surface area contributed by atoms with E-state index in [0.717, 1.165) is 35.5 Å². The van der Waals surface area contributed by atoms with Crippen molar-refractivity contribution in [3.8, 4) is 0 Å². The van der Waals surface area contributed by atoms with E-state index in [0.29, 0.717) is 0 Å². The second kappa shape index (κ2) is 13.8. The molecular formula is C32H54. The molecule has 0 nitrogen and oxygen atoms in total. The van der Waals surface area contributed by atoms with Crippen LogP contribution in [0.25, 0.3) is 0 Å². The number of hydrogen-bond donors (Lipinski definition) is 0. The predicted molar refractivity (Wildman–Crippen MR) is 142 cm³/mol. The first-order valence-electron chi connectivity index (χ1n) is 14.7. The van der Waals surface area contributed by atoms with Crippen molar-refractivity contribution in [2.24, 2.45) is 29.6 Å². The van der Waals surface area contributed by atoms with Crippen LogP contribution in [0, 0.1) is 29.6 Å². The van der Waals surface area contributed by atoms with Crippen LogP contribution in [-0.2, 0) is 6.42 Å². The monoisotopic (exact) mass is 438 g/mol. The van der Waals surface area contributed by atoms with Crippen LogP contribution in [0.5, 0.6) is 0 Å². The highest BCUT2D eigenvalue weighted by atomic mass is 14.4. The molecule has 0 saturated heterocycles. The molecule has 2 unspecified atom stereocenters. The molecular weight excluding hydrogens is 384 g/mol. The minimum atomic E-state index is 0.731. The quantitative estimate of drug-likeness (QED) is 0.285. The molecule has 0 heterocycles. The first-order chi connectivity index (χ1) is 15.6. The Bertz CT molecular complexity index is 597. The van der Waals surface area contributed by atoms with E-state index in [1.54, 1.807) is 11.1 Å². The Morgan fingerprint density at radius 3 is 1.81 bits per heavy atom. The summed E-state index contributed by atoms with van der Waals surface area (Å²) in [5.74, 6) is 5.67. The van der Waals surface area contributed by atoms with Crippen molar-refractivity contribution >= 4 is 0 Å². The lowest BCUT2D eigenvalue weighted by Gasteiger charge is -2.40. The summed E-state index contributed by atoms with van der Waals surface area (Å²) >= 11 is 0. The average Bonchev–Trinajstić information content (AvgIpc) is 2.84.